The van der Waals surface area contributed by atoms with Crippen LogP contribution in [0.25, 0.3) is 11.1 Å². The Hall–Kier alpha value is -2.77. The Bertz CT molecular complexity index is 1160. The van der Waals surface area contributed by atoms with Crippen LogP contribution in [0.15, 0.2) is 66.0 Å². The number of aromatic nitrogens is 2. The first-order valence-corrected chi connectivity index (χ1v) is 11.1. The molecule has 2 aliphatic rings. The third-order valence-electron chi connectivity index (χ3n) is 5.89. The molecule has 0 amide bonds. The van der Waals surface area contributed by atoms with Crippen LogP contribution in [0.1, 0.15) is 17.0 Å². The molecule has 4 heterocycles. The van der Waals surface area contributed by atoms with Crippen LogP contribution in [-0.4, -0.2) is 48.7 Å². The van der Waals surface area contributed by atoms with Gasteiger partial charge in [0.05, 0.1) is 17.3 Å². The molecule has 5 rings (SSSR count). The van der Waals surface area contributed by atoms with E-state index in [1.54, 1.807) is 31.8 Å². The van der Waals surface area contributed by atoms with E-state index >= 15 is 0 Å². The van der Waals surface area contributed by atoms with E-state index in [-0.39, 0.29) is 5.92 Å². The van der Waals surface area contributed by atoms with Gasteiger partial charge in [0, 0.05) is 49.7 Å². The van der Waals surface area contributed by atoms with Crippen molar-refractivity contribution in [2.45, 2.75) is 22.6 Å². The highest BCUT2D eigenvalue weighted by atomic mass is 32.2. The zero-order valence-electron chi connectivity index (χ0n) is 16.0. The van der Waals surface area contributed by atoms with Crippen molar-refractivity contribution in [1.82, 2.24) is 14.9 Å². The monoisotopic (exact) mass is 407 g/mol. The van der Waals surface area contributed by atoms with Crippen molar-refractivity contribution >= 4 is 9.84 Å². The second-order valence-corrected chi connectivity index (χ2v) is 9.69. The topological polar surface area (TPSA) is 72.4 Å². The van der Waals surface area contributed by atoms with E-state index in [4.69, 9.17) is 4.74 Å². The summed E-state index contributed by atoms with van der Waals surface area (Å²) in [6.45, 7) is 1.84. The van der Waals surface area contributed by atoms with Crippen LogP contribution < -0.4 is 4.74 Å². The maximum Gasteiger partial charge on any atom is 0.217 e. The Morgan fingerprint density at radius 2 is 1.97 bits per heavy atom. The molecule has 0 N–H and O–H groups in total. The summed E-state index contributed by atoms with van der Waals surface area (Å²) in [5.74, 6) is 0.570. The predicted octanol–water partition coefficient (Wildman–Crippen LogP) is 2.91. The molecule has 6 nitrogen and oxygen atoms in total. The molecule has 1 fully saturated rings. The van der Waals surface area contributed by atoms with Crippen molar-refractivity contribution in [3.63, 3.8) is 0 Å². The molecule has 3 aromatic rings. The SMILES string of the molecule is COc1ncccc1CN1C[C@@H]2c3cc(-c4cccnc4)ccc3S(=O)(=O)[C@@H]2C1. The lowest BCUT2D eigenvalue weighted by molar-refractivity contribution is 0.313. The molecule has 1 saturated heterocycles. The molecule has 7 heteroatoms. The summed E-state index contributed by atoms with van der Waals surface area (Å²) in [7, 11) is -1.72. The molecular formula is C22H21N3O3S. The van der Waals surface area contributed by atoms with E-state index in [9.17, 15) is 8.42 Å². The van der Waals surface area contributed by atoms with Crippen molar-refractivity contribution in [2.75, 3.05) is 20.2 Å². The number of fused-ring (bicyclic) bond motifs is 3. The van der Waals surface area contributed by atoms with E-state index in [1.807, 2.05) is 36.4 Å². The molecule has 148 valence electrons. The minimum atomic E-state index is -3.33. The minimum Gasteiger partial charge on any atom is -0.481 e. The van der Waals surface area contributed by atoms with Crippen molar-refractivity contribution < 1.29 is 13.2 Å². The van der Waals surface area contributed by atoms with Gasteiger partial charge in [0.2, 0.25) is 5.88 Å². The Labute approximate surface area is 170 Å². The first kappa shape index (κ1) is 18.3. The first-order chi connectivity index (χ1) is 14.1. The highest BCUT2D eigenvalue weighted by Crippen LogP contribution is 2.46. The highest BCUT2D eigenvalue weighted by Gasteiger charge is 2.50. The van der Waals surface area contributed by atoms with Gasteiger partial charge in [0.25, 0.3) is 0 Å². The van der Waals surface area contributed by atoms with Gasteiger partial charge in [0.1, 0.15) is 0 Å². The zero-order chi connectivity index (χ0) is 20.0. The van der Waals surface area contributed by atoms with Gasteiger partial charge in [-0.15, -0.1) is 0 Å². The number of hydrogen-bond acceptors (Lipinski definition) is 6. The predicted molar refractivity (Wildman–Crippen MR) is 109 cm³/mol. The molecule has 29 heavy (non-hydrogen) atoms. The number of methoxy groups -OCH3 is 1. The van der Waals surface area contributed by atoms with Gasteiger partial charge in [-0.05, 0) is 41.0 Å². The van der Waals surface area contributed by atoms with E-state index in [1.165, 1.54) is 0 Å². The fourth-order valence-corrected chi connectivity index (χ4v) is 6.73. The zero-order valence-corrected chi connectivity index (χ0v) is 16.8. The van der Waals surface area contributed by atoms with Gasteiger partial charge in [-0.2, -0.15) is 0 Å². The van der Waals surface area contributed by atoms with Crippen LogP contribution in [0.2, 0.25) is 0 Å². The van der Waals surface area contributed by atoms with Crippen LogP contribution in [-0.2, 0) is 16.4 Å². The molecule has 2 atom stereocenters. The van der Waals surface area contributed by atoms with E-state index in [0.29, 0.717) is 30.4 Å². The van der Waals surface area contributed by atoms with Gasteiger partial charge >= 0.3 is 0 Å². The summed E-state index contributed by atoms with van der Waals surface area (Å²) in [4.78, 5) is 11.1. The first-order valence-electron chi connectivity index (χ1n) is 9.56. The Balaban J connectivity index is 1.47. The van der Waals surface area contributed by atoms with Crippen LogP contribution in [0.5, 0.6) is 5.88 Å². The Morgan fingerprint density at radius 3 is 2.76 bits per heavy atom. The largest absolute Gasteiger partial charge is 0.481 e. The second kappa shape index (κ2) is 6.93. The van der Waals surface area contributed by atoms with E-state index in [2.05, 4.69) is 14.9 Å². The third-order valence-corrected chi connectivity index (χ3v) is 8.15. The number of hydrogen-bond donors (Lipinski definition) is 0. The number of nitrogens with zero attached hydrogens (tertiary/aromatic N) is 3. The maximum atomic E-state index is 13.2. The molecule has 0 spiro atoms. The summed E-state index contributed by atoms with van der Waals surface area (Å²) in [5, 5.41) is -0.399. The molecule has 2 aromatic heterocycles. The third kappa shape index (κ3) is 3.01. The Kier molecular flexibility index (Phi) is 4.37. The van der Waals surface area contributed by atoms with Gasteiger partial charge in [-0.3, -0.25) is 9.88 Å². The molecule has 0 aliphatic carbocycles. The smallest absolute Gasteiger partial charge is 0.217 e. The number of benzene rings is 1. The van der Waals surface area contributed by atoms with Crippen molar-refractivity contribution in [1.29, 1.82) is 0 Å². The number of pyridine rings is 2. The molecule has 0 bridgehead atoms. The minimum absolute atomic E-state index is 0.0192. The van der Waals surface area contributed by atoms with E-state index < -0.39 is 15.1 Å². The highest BCUT2D eigenvalue weighted by molar-refractivity contribution is 7.92. The maximum absolute atomic E-state index is 13.2. The van der Waals surface area contributed by atoms with Gasteiger partial charge in [-0.25, -0.2) is 13.4 Å². The fraction of sp³-hybridized carbons (Fsp3) is 0.273. The molecule has 0 unspecified atom stereocenters. The number of likely N-dealkylation sites (tertiary alicyclic amines) is 1. The second-order valence-electron chi connectivity index (χ2n) is 7.55. The van der Waals surface area contributed by atoms with Crippen LogP contribution in [0, 0.1) is 0 Å². The van der Waals surface area contributed by atoms with Gasteiger partial charge in [-0.1, -0.05) is 18.2 Å². The number of ether oxygens (including phenoxy) is 1. The van der Waals surface area contributed by atoms with Crippen LogP contribution in [0.4, 0.5) is 0 Å². The molecule has 2 aliphatic heterocycles. The van der Waals surface area contributed by atoms with Crippen molar-refractivity contribution in [3.8, 4) is 17.0 Å². The van der Waals surface area contributed by atoms with Crippen molar-refractivity contribution in [3.05, 3.63) is 72.2 Å². The summed E-state index contributed by atoms with van der Waals surface area (Å²) in [5.41, 5.74) is 3.89. The van der Waals surface area contributed by atoms with Crippen molar-refractivity contribution in [2.24, 2.45) is 0 Å². The fourth-order valence-electron chi connectivity index (χ4n) is 4.54. The lowest BCUT2D eigenvalue weighted by Crippen LogP contribution is -2.26. The summed E-state index contributed by atoms with van der Waals surface area (Å²) < 4.78 is 31.7. The molecule has 0 radical (unpaired) electrons. The standard InChI is InChI=1S/C22H21N3O3S/c1-28-22-17(5-3-9-24-22)12-25-13-19-18-10-15(16-4-2-8-23-11-16)6-7-20(18)29(26,27)21(19)14-25/h2-11,19,21H,12-14H2,1H3/t19-,21-/m1/s1. The van der Waals surface area contributed by atoms with E-state index in [0.717, 1.165) is 22.3 Å². The van der Waals surface area contributed by atoms with Gasteiger partial charge in [0.15, 0.2) is 9.84 Å². The number of rotatable bonds is 4. The van der Waals surface area contributed by atoms with Crippen LogP contribution in [0.3, 0.4) is 0 Å². The molecule has 0 saturated carbocycles. The molecular weight excluding hydrogens is 386 g/mol. The Morgan fingerprint density at radius 1 is 1.10 bits per heavy atom. The summed E-state index contributed by atoms with van der Waals surface area (Å²) in [6, 6.07) is 13.4. The average Bonchev–Trinajstić information content (AvgIpc) is 3.26. The lowest BCUT2D eigenvalue weighted by Gasteiger charge is -2.18. The number of sulfone groups is 1. The summed E-state index contributed by atoms with van der Waals surface area (Å²) >= 11 is 0. The molecule has 1 aromatic carbocycles. The van der Waals surface area contributed by atoms with Crippen LogP contribution >= 0.6 is 0 Å². The average molecular weight is 407 g/mol. The quantitative estimate of drug-likeness (QED) is 0.662. The summed E-state index contributed by atoms with van der Waals surface area (Å²) in [6.07, 6.45) is 5.24. The lowest BCUT2D eigenvalue weighted by atomic mass is 9.95. The van der Waals surface area contributed by atoms with Gasteiger partial charge < -0.3 is 4.74 Å². The normalized spacial score (nSPS) is 22.2.